The van der Waals surface area contributed by atoms with Crippen LogP contribution in [0.4, 0.5) is 5.69 Å². The number of halogens is 1. The Morgan fingerprint density at radius 2 is 2.08 bits per heavy atom. The lowest BCUT2D eigenvalue weighted by atomic mass is 10.2. The van der Waals surface area contributed by atoms with Crippen molar-refractivity contribution in [2.75, 3.05) is 18.7 Å². The van der Waals surface area contributed by atoms with E-state index >= 15 is 0 Å². The summed E-state index contributed by atoms with van der Waals surface area (Å²) in [6.45, 7) is 2.61. The summed E-state index contributed by atoms with van der Waals surface area (Å²) in [5.41, 5.74) is 1.41. The fourth-order valence-corrected chi connectivity index (χ4v) is 2.41. The van der Waals surface area contributed by atoms with Crippen LogP contribution in [0.3, 0.4) is 0 Å². The summed E-state index contributed by atoms with van der Waals surface area (Å²) in [6, 6.07) is 10.5. The molecule has 0 aromatic heterocycles. The topological polar surface area (TPSA) is 56.8 Å². The van der Waals surface area contributed by atoms with Crippen molar-refractivity contribution in [3.05, 3.63) is 53.1 Å². The average Bonchev–Trinajstić information content (AvgIpc) is 3.02. The van der Waals surface area contributed by atoms with Gasteiger partial charge in [-0.3, -0.25) is 4.79 Å². The van der Waals surface area contributed by atoms with E-state index in [1.165, 1.54) is 6.08 Å². The Labute approximate surface area is 144 Å². The molecule has 0 saturated heterocycles. The molecule has 6 heteroatoms. The van der Waals surface area contributed by atoms with Crippen LogP contribution in [0.1, 0.15) is 12.5 Å². The Kier molecular flexibility index (Phi) is 4.91. The highest BCUT2D eigenvalue weighted by Crippen LogP contribution is 2.34. The van der Waals surface area contributed by atoms with E-state index in [9.17, 15) is 4.79 Å². The zero-order chi connectivity index (χ0) is 16.9. The van der Waals surface area contributed by atoms with Gasteiger partial charge in [0.2, 0.25) is 12.7 Å². The van der Waals surface area contributed by atoms with E-state index in [4.69, 9.17) is 25.8 Å². The minimum Gasteiger partial charge on any atom is -0.493 e. The molecule has 0 bridgehead atoms. The maximum Gasteiger partial charge on any atom is 0.248 e. The van der Waals surface area contributed by atoms with Crippen molar-refractivity contribution in [3.63, 3.8) is 0 Å². The summed E-state index contributed by atoms with van der Waals surface area (Å²) in [5.74, 6) is 1.67. The lowest BCUT2D eigenvalue weighted by Gasteiger charge is -2.07. The fourth-order valence-electron chi connectivity index (χ4n) is 2.25. The van der Waals surface area contributed by atoms with E-state index in [-0.39, 0.29) is 12.7 Å². The lowest BCUT2D eigenvalue weighted by molar-refractivity contribution is -0.111. The Morgan fingerprint density at radius 3 is 2.92 bits per heavy atom. The second-order valence-corrected chi connectivity index (χ2v) is 5.44. The molecular formula is C18H16ClNO4. The molecule has 0 unspecified atom stereocenters. The molecule has 1 heterocycles. The first-order valence-electron chi connectivity index (χ1n) is 7.47. The number of anilines is 1. The van der Waals surface area contributed by atoms with E-state index < -0.39 is 0 Å². The number of carbonyl (C=O) groups excluding carboxylic acids is 1. The molecule has 0 aliphatic carbocycles. The Hall–Kier alpha value is -2.66. The van der Waals surface area contributed by atoms with Crippen molar-refractivity contribution < 1.29 is 19.0 Å². The van der Waals surface area contributed by atoms with E-state index in [0.29, 0.717) is 34.6 Å². The van der Waals surface area contributed by atoms with Crippen LogP contribution >= 0.6 is 11.6 Å². The van der Waals surface area contributed by atoms with E-state index in [0.717, 1.165) is 5.56 Å². The number of carbonyl (C=O) groups is 1. The molecule has 3 rings (SSSR count). The standard InChI is InChI=1S/C18H16ClNO4/c1-2-22-16-9-13(19)5-3-12(16)4-8-18(21)20-14-6-7-15-17(10-14)24-11-23-15/h3-10H,2,11H2,1H3,(H,20,21)/b8-4+. The van der Waals surface area contributed by atoms with Crippen molar-refractivity contribution in [1.82, 2.24) is 0 Å². The van der Waals surface area contributed by atoms with Crippen LogP contribution in [-0.4, -0.2) is 19.3 Å². The summed E-state index contributed by atoms with van der Waals surface area (Å²) in [5, 5.41) is 3.36. The predicted octanol–water partition coefficient (Wildman–Crippen LogP) is 4.12. The Morgan fingerprint density at radius 1 is 1.25 bits per heavy atom. The van der Waals surface area contributed by atoms with E-state index in [1.54, 1.807) is 42.5 Å². The number of fused-ring (bicyclic) bond motifs is 1. The van der Waals surface area contributed by atoms with Crippen LogP contribution in [0.15, 0.2) is 42.5 Å². The molecule has 1 aliphatic heterocycles. The summed E-state index contributed by atoms with van der Waals surface area (Å²) in [6.07, 6.45) is 3.12. The quantitative estimate of drug-likeness (QED) is 0.828. The number of hydrogen-bond donors (Lipinski definition) is 1. The molecule has 5 nitrogen and oxygen atoms in total. The van der Waals surface area contributed by atoms with Gasteiger partial charge >= 0.3 is 0 Å². The fraction of sp³-hybridized carbons (Fsp3) is 0.167. The molecule has 1 N–H and O–H groups in total. The third kappa shape index (κ3) is 3.81. The zero-order valence-electron chi connectivity index (χ0n) is 13.0. The molecular weight excluding hydrogens is 330 g/mol. The van der Waals surface area contributed by atoms with Crippen LogP contribution in [0.2, 0.25) is 5.02 Å². The number of nitrogens with one attached hydrogen (secondary N) is 1. The predicted molar refractivity (Wildman–Crippen MR) is 92.8 cm³/mol. The minimum atomic E-state index is -0.258. The van der Waals surface area contributed by atoms with Gasteiger partial charge in [-0.1, -0.05) is 11.6 Å². The number of benzene rings is 2. The monoisotopic (exact) mass is 345 g/mol. The molecule has 0 spiro atoms. The average molecular weight is 346 g/mol. The van der Waals surface area contributed by atoms with Crippen molar-refractivity contribution in [2.24, 2.45) is 0 Å². The second kappa shape index (κ2) is 7.27. The Bertz CT molecular complexity index is 789. The van der Waals surface area contributed by atoms with Crippen molar-refractivity contribution >= 4 is 29.3 Å². The van der Waals surface area contributed by atoms with Crippen LogP contribution < -0.4 is 19.5 Å². The van der Waals surface area contributed by atoms with Gasteiger partial charge in [-0.2, -0.15) is 0 Å². The molecule has 124 valence electrons. The second-order valence-electron chi connectivity index (χ2n) is 5.01. The number of amides is 1. The zero-order valence-corrected chi connectivity index (χ0v) is 13.8. The van der Waals surface area contributed by atoms with Gasteiger partial charge in [0.05, 0.1) is 6.61 Å². The minimum absolute atomic E-state index is 0.198. The summed E-state index contributed by atoms with van der Waals surface area (Å²) in [4.78, 5) is 12.1. The number of rotatable bonds is 5. The van der Waals surface area contributed by atoms with E-state index in [2.05, 4.69) is 5.32 Å². The first kappa shape index (κ1) is 16.2. The van der Waals surface area contributed by atoms with Gasteiger partial charge in [-0.15, -0.1) is 0 Å². The first-order chi connectivity index (χ1) is 11.7. The van der Waals surface area contributed by atoms with Crippen LogP contribution in [0, 0.1) is 0 Å². The Balaban J connectivity index is 1.69. The molecule has 0 fully saturated rings. The maximum absolute atomic E-state index is 12.1. The van der Waals surface area contributed by atoms with Gasteiger partial charge < -0.3 is 19.5 Å². The molecule has 0 radical (unpaired) electrons. The lowest BCUT2D eigenvalue weighted by Crippen LogP contribution is -2.07. The first-order valence-corrected chi connectivity index (χ1v) is 7.84. The van der Waals surface area contributed by atoms with Crippen molar-refractivity contribution in [1.29, 1.82) is 0 Å². The van der Waals surface area contributed by atoms with E-state index in [1.807, 2.05) is 6.92 Å². The van der Waals surface area contributed by atoms with Gasteiger partial charge in [-0.25, -0.2) is 0 Å². The van der Waals surface area contributed by atoms with Crippen LogP contribution in [0.5, 0.6) is 17.2 Å². The third-order valence-electron chi connectivity index (χ3n) is 3.33. The SMILES string of the molecule is CCOc1cc(Cl)ccc1/C=C/C(=O)Nc1ccc2c(c1)OCO2. The molecule has 0 atom stereocenters. The number of hydrogen-bond acceptors (Lipinski definition) is 4. The molecule has 1 aliphatic rings. The molecule has 2 aromatic rings. The van der Waals surface area contributed by atoms with Gasteiger partial charge in [0.1, 0.15) is 5.75 Å². The van der Waals surface area contributed by atoms with Crippen LogP contribution in [-0.2, 0) is 4.79 Å². The highest BCUT2D eigenvalue weighted by molar-refractivity contribution is 6.30. The van der Waals surface area contributed by atoms with Gasteiger partial charge in [0.25, 0.3) is 0 Å². The van der Waals surface area contributed by atoms with Crippen molar-refractivity contribution in [3.8, 4) is 17.2 Å². The van der Waals surface area contributed by atoms with Crippen molar-refractivity contribution in [2.45, 2.75) is 6.92 Å². The molecule has 1 amide bonds. The summed E-state index contributed by atoms with van der Waals surface area (Å²) < 4.78 is 16.0. The summed E-state index contributed by atoms with van der Waals surface area (Å²) in [7, 11) is 0. The number of ether oxygens (including phenoxy) is 3. The van der Waals surface area contributed by atoms with Gasteiger partial charge in [0, 0.05) is 28.4 Å². The van der Waals surface area contributed by atoms with Gasteiger partial charge in [-0.05, 0) is 43.3 Å². The van der Waals surface area contributed by atoms with Crippen LogP contribution in [0.25, 0.3) is 6.08 Å². The maximum atomic E-state index is 12.1. The smallest absolute Gasteiger partial charge is 0.248 e. The highest BCUT2D eigenvalue weighted by atomic mass is 35.5. The van der Waals surface area contributed by atoms with Gasteiger partial charge in [0.15, 0.2) is 11.5 Å². The highest BCUT2D eigenvalue weighted by Gasteiger charge is 2.13. The molecule has 24 heavy (non-hydrogen) atoms. The third-order valence-corrected chi connectivity index (χ3v) is 3.56. The molecule has 2 aromatic carbocycles. The largest absolute Gasteiger partial charge is 0.493 e. The normalized spacial score (nSPS) is 12.4. The molecule has 0 saturated carbocycles. The summed E-state index contributed by atoms with van der Waals surface area (Å²) >= 11 is 5.96.